The molecule has 0 N–H and O–H groups in total. The van der Waals surface area contributed by atoms with Gasteiger partial charge in [0.2, 0.25) is 0 Å². The smallest absolute Gasteiger partial charge is 0.319 e. The monoisotopic (exact) mass is 210 g/mol. The summed E-state index contributed by atoms with van der Waals surface area (Å²) in [6.45, 7) is 1.94. The fourth-order valence-corrected chi connectivity index (χ4v) is 2.76. The van der Waals surface area contributed by atoms with Gasteiger partial charge in [0.25, 0.3) is 0 Å². The summed E-state index contributed by atoms with van der Waals surface area (Å²) in [5.41, 5.74) is 0. The highest BCUT2D eigenvalue weighted by molar-refractivity contribution is 5.74. The molecule has 2 aliphatic rings. The van der Waals surface area contributed by atoms with Crippen molar-refractivity contribution in [2.24, 2.45) is 0 Å². The van der Waals surface area contributed by atoms with Crippen molar-refractivity contribution in [1.29, 1.82) is 0 Å². The molecule has 0 atom stereocenters. The van der Waals surface area contributed by atoms with E-state index in [2.05, 4.69) is 0 Å². The Morgan fingerprint density at radius 3 is 2.27 bits per heavy atom. The largest absolute Gasteiger partial charge is 0.325 e. The molecule has 0 aromatic heterocycles. The molecule has 0 unspecified atom stereocenters. The maximum Gasteiger partial charge on any atom is 0.319 e. The van der Waals surface area contributed by atoms with Crippen LogP contribution in [0.3, 0.4) is 0 Å². The van der Waals surface area contributed by atoms with E-state index < -0.39 is 0 Å². The first-order valence-electron chi connectivity index (χ1n) is 6.31. The van der Waals surface area contributed by atoms with Crippen molar-refractivity contribution in [3.8, 4) is 0 Å². The molecule has 0 aromatic carbocycles. The summed E-state index contributed by atoms with van der Waals surface area (Å²) in [7, 11) is 1.98. The third kappa shape index (κ3) is 2.44. The Kier molecular flexibility index (Phi) is 3.49. The number of carbonyl (C=O) groups excluding carboxylic acids is 1. The van der Waals surface area contributed by atoms with Crippen LogP contribution in [0.2, 0.25) is 0 Å². The lowest BCUT2D eigenvalue weighted by molar-refractivity contribution is 0.138. The second-order valence-corrected chi connectivity index (χ2v) is 4.88. The van der Waals surface area contributed by atoms with Gasteiger partial charge in [-0.3, -0.25) is 0 Å². The maximum absolute atomic E-state index is 12.1. The average Bonchev–Trinajstić information content (AvgIpc) is 2.82. The summed E-state index contributed by atoms with van der Waals surface area (Å²) in [5, 5.41) is 0. The summed E-state index contributed by atoms with van der Waals surface area (Å²) in [6, 6.07) is 0.779. The molecular formula is C12H22N2O. The quantitative estimate of drug-likeness (QED) is 0.652. The molecule has 2 amide bonds. The third-order valence-corrected chi connectivity index (χ3v) is 3.80. The Bertz CT molecular complexity index is 218. The van der Waals surface area contributed by atoms with E-state index in [1.807, 2.05) is 16.8 Å². The lowest BCUT2D eigenvalue weighted by Crippen LogP contribution is -2.47. The molecule has 0 spiro atoms. The molecule has 1 saturated carbocycles. The van der Waals surface area contributed by atoms with Crippen molar-refractivity contribution in [2.45, 2.75) is 51.0 Å². The van der Waals surface area contributed by atoms with E-state index in [-0.39, 0.29) is 6.03 Å². The number of hydrogen-bond acceptors (Lipinski definition) is 1. The van der Waals surface area contributed by atoms with Crippen LogP contribution in [0.4, 0.5) is 4.79 Å². The highest BCUT2D eigenvalue weighted by atomic mass is 16.2. The van der Waals surface area contributed by atoms with Gasteiger partial charge in [0.1, 0.15) is 0 Å². The lowest BCUT2D eigenvalue weighted by atomic mass is 10.1. The van der Waals surface area contributed by atoms with E-state index >= 15 is 0 Å². The van der Waals surface area contributed by atoms with Crippen LogP contribution in [0, 0.1) is 0 Å². The van der Waals surface area contributed by atoms with Gasteiger partial charge in [-0.2, -0.15) is 0 Å². The highest BCUT2D eigenvalue weighted by Crippen LogP contribution is 2.23. The zero-order valence-electron chi connectivity index (χ0n) is 9.74. The van der Waals surface area contributed by atoms with Gasteiger partial charge in [-0.1, -0.05) is 12.8 Å². The van der Waals surface area contributed by atoms with Crippen LogP contribution in [0.15, 0.2) is 0 Å². The van der Waals surface area contributed by atoms with Gasteiger partial charge in [-0.05, 0) is 32.1 Å². The molecule has 1 aliphatic carbocycles. The van der Waals surface area contributed by atoms with Crippen LogP contribution in [0.1, 0.15) is 44.9 Å². The predicted molar refractivity (Wildman–Crippen MR) is 60.8 cm³/mol. The molecule has 0 radical (unpaired) electrons. The van der Waals surface area contributed by atoms with E-state index in [1.165, 1.54) is 44.9 Å². The number of amides is 2. The highest BCUT2D eigenvalue weighted by Gasteiger charge is 2.27. The van der Waals surface area contributed by atoms with Crippen molar-refractivity contribution < 1.29 is 4.79 Å². The fourth-order valence-electron chi connectivity index (χ4n) is 2.76. The molecular weight excluding hydrogens is 188 g/mol. The van der Waals surface area contributed by atoms with Gasteiger partial charge in [-0.25, -0.2) is 4.79 Å². The second kappa shape index (κ2) is 4.86. The van der Waals surface area contributed by atoms with Crippen LogP contribution in [0.25, 0.3) is 0 Å². The maximum atomic E-state index is 12.1. The molecule has 2 fully saturated rings. The Morgan fingerprint density at radius 1 is 1.07 bits per heavy atom. The molecule has 86 valence electrons. The van der Waals surface area contributed by atoms with Gasteiger partial charge in [0.15, 0.2) is 0 Å². The number of carbonyl (C=O) groups is 1. The molecule has 0 bridgehead atoms. The topological polar surface area (TPSA) is 23.6 Å². The second-order valence-electron chi connectivity index (χ2n) is 4.88. The summed E-state index contributed by atoms with van der Waals surface area (Å²) >= 11 is 0. The molecule has 0 aromatic rings. The van der Waals surface area contributed by atoms with Crippen molar-refractivity contribution >= 4 is 6.03 Å². The minimum Gasteiger partial charge on any atom is -0.325 e. The van der Waals surface area contributed by atoms with Crippen LogP contribution in [-0.2, 0) is 0 Å². The van der Waals surface area contributed by atoms with Crippen LogP contribution < -0.4 is 0 Å². The van der Waals surface area contributed by atoms with E-state index in [0.717, 1.165) is 13.1 Å². The third-order valence-electron chi connectivity index (χ3n) is 3.80. The number of rotatable bonds is 1. The standard InChI is InChI=1S/C12H22N2O/c1-13(11-7-3-4-8-11)12(15)14-9-5-2-6-10-14/h11H,2-10H2,1H3. The summed E-state index contributed by atoms with van der Waals surface area (Å²) in [4.78, 5) is 16.2. The van der Waals surface area contributed by atoms with E-state index in [9.17, 15) is 4.79 Å². The number of likely N-dealkylation sites (tertiary alicyclic amines) is 1. The van der Waals surface area contributed by atoms with Gasteiger partial charge in [0, 0.05) is 26.2 Å². The zero-order valence-corrected chi connectivity index (χ0v) is 9.74. The Balaban J connectivity index is 1.87. The normalized spacial score (nSPS) is 23.1. The molecule has 3 nitrogen and oxygen atoms in total. The number of hydrogen-bond donors (Lipinski definition) is 0. The Morgan fingerprint density at radius 2 is 1.67 bits per heavy atom. The van der Waals surface area contributed by atoms with Gasteiger partial charge >= 0.3 is 6.03 Å². The molecule has 3 heteroatoms. The van der Waals surface area contributed by atoms with Gasteiger partial charge in [-0.15, -0.1) is 0 Å². The fraction of sp³-hybridized carbons (Fsp3) is 0.917. The molecule has 1 saturated heterocycles. The van der Waals surface area contributed by atoms with Crippen molar-refractivity contribution in [2.75, 3.05) is 20.1 Å². The lowest BCUT2D eigenvalue weighted by Gasteiger charge is -2.33. The number of urea groups is 1. The predicted octanol–water partition coefficient (Wildman–Crippen LogP) is 2.47. The summed E-state index contributed by atoms with van der Waals surface area (Å²) in [6.07, 6.45) is 8.65. The summed E-state index contributed by atoms with van der Waals surface area (Å²) in [5.74, 6) is 0. The molecule has 2 rings (SSSR count). The van der Waals surface area contributed by atoms with Gasteiger partial charge < -0.3 is 9.80 Å². The first-order chi connectivity index (χ1) is 7.29. The average molecular weight is 210 g/mol. The minimum absolute atomic E-state index is 0.265. The van der Waals surface area contributed by atoms with E-state index in [1.54, 1.807) is 0 Å². The van der Waals surface area contributed by atoms with Crippen molar-refractivity contribution in [1.82, 2.24) is 9.80 Å². The molecule has 15 heavy (non-hydrogen) atoms. The minimum atomic E-state index is 0.265. The van der Waals surface area contributed by atoms with E-state index in [4.69, 9.17) is 0 Å². The zero-order chi connectivity index (χ0) is 10.7. The Labute approximate surface area is 92.4 Å². The van der Waals surface area contributed by atoms with Crippen LogP contribution >= 0.6 is 0 Å². The van der Waals surface area contributed by atoms with Gasteiger partial charge in [0.05, 0.1) is 0 Å². The number of nitrogens with zero attached hydrogens (tertiary/aromatic N) is 2. The Hall–Kier alpha value is -0.730. The van der Waals surface area contributed by atoms with Crippen molar-refractivity contribution in [3.05, 3.63) is 0 Å². The first kappa shape index (κ1) is 10.8. The first-order valence-corrected chi connectivity index (χ1v) is 6.31. The van der Waals surface area contributed by atoms with E-state index in [0.29, 0.717) is 6.04 Å². The summed E-state index contributed by atoms with van der Waals surface area (Å²) < 4.78 is 0. The number of piperidine rings is 1. The molecule has 1 heterocycles. The molecule has 1 aliphatic heterocycles. The van der Waals surface area contributed by atoms with Crippen molar-refractivity contribution in [3.63, 3.8) is 0 Å². The van der Waals surface area contributed by atoms with Crippen LogP contribution in [0.5, 0.6) is 0 Å². The van der Waals surface area contributed by atoms with Crippen LogP contribution in [-0.4, -0.2) is 42.0 Å². The SMILES string of the molecule is CN(C(=O)N1CCCCC1)C1CCCC1.